The van der Waals surface area contributed by atoms with Crippen molar-refractivity contribution in [3.8, 4) is 0 Å². The second-order valence-electron chi connectivity index (χ2n) is 4.59. The minimum Gasteiger partial charge on any atom is -0.446 e. The molecule has 1 fully saturated rings. The molecule has 1 N–H and O–H groups in total. The summed E-state index contributed by atoms with van der Waals surface area (Å²) in [4.78, 5) is 11.6. The molecule has 1 heterocycles. The Morgan fingerprint density at radius 3 is 3.00 bits per heavy atom. The van der Waals surface area contributed by atoms with Crippen LogP contribution in [0, 0.1) is 0 Å². The number of hydrogen-bond donors (Lipinski definition) is 1. The van der Waals surface area contributed by atoms with Gasteiger partial charge < -0.3 is 10.1 Å². The maximum Gasteiger partial charge on any atom is 0.407 e. The first kappa shape index (κ1) is 12.0. The zero-order valence-electron chi connectivity index (χ0n) is 10.1. The van der Waals surface area contributed by atoms with Crippen molar-refractivity contribution in [1.82, 2.24) is 15.1 Å². The van der Waals surface area contributed by atoms with Gasteiger partial charge in [-0.1, -0.05) is 0 Å². The Hall–Kier alpha value is -1.52. The lowest BCUT2D eigenvalue weighted by Gasteiger charge is -2.16. The normalized spacial score (nSPS) is 17.9. The summed E-state index contributed by atoms with van der Waals surface area (Å²) >= 11 is 0. The van der Waals surface area contributed by atoms with Crippen LogP contribution >= 0.6 is 0 Å². The van der Waals surface area contributed by atoms with E-state index in [1.807, 2.05) is 19.2 Å². The standard InChI is InChI=1S/C12H19N3O2/c1-10(9-15-8-4-7-13-15)14-12(16)17-11-5-2-3-6-11/h4,7-8,10-11H,2-3,5-6,9H2,1H3,(H,14,16). The number of aromatic nitrogens is 2. The number of ether oxygens (including phenoxy) is 1. The molecule has 1 saturated carbocycles. The van der Waals surface area contributed by atoms with Gasteiger partial charge in [0.1, 0.15) is 6.10 Å². The highest BCUT2D eigenvalue weighted by Gasteiger charge is 2.19. The van der Waals surface area contributed by atoms with Crippen molar-refractivity contribution in [1.29, 1.82) is 0 Å². The maximum atomic E-state index is 11.6. The Labute approximate surface area is 101 Å². The molecule has 0 aliphatic heterocycles. The molecule has 5 heteroatoms. The summed E-state index contributed by atoms with van der Waals surface area (Å²) in [7, 11) is 0. The van der Waals surface area contributed by atoms with Crippen LogP contribution in [0.25, 0.3) is 0 Å². The fraction of sp³-hybridized carbons (Fsp3) is 0.667. The highest BCUT2D eigenvalue weighted by Crippen LogP contribution is 2.20. The molecule has 0 spiro atoms. The first-order valence-corrected chi connectivity index (χ1v) is 6.18. The van der Waals surface area contributed by atoms with Crippen molar-refractivity contribution in [2.75, 3.05) is 0 Å². The number of nitrogens with one attached hydrogen (secondary N) is 1. The first-order chi connectivity index (χ1) is 8.24. The summed E-state index contributed by atoms with van der Waals surface area (Å²) in [6, 6.07) is 1.88. The molecular formula is C12H19N3O2. The van der Waals surface area contributed by atoms with Crippen LogP contribution < -0.4 is 5.32 Å². The summed E-state index contributed by atoms with van der Waals surface area (Å²) in [6.07, 6.45) is 7.75. The van der Waals surface area contributed by atoms with E-state index in [0.29, 0.717) is 6.54 Å². The van der Waals surface area contributed by atoms with E-state index in [0.717, 1.165) is 12.8 Å². The highest BCUT2D eigenvalue weighted by atomic mass is 16.6. The molecule has 0 aromatic carbocycles. The summed E-state index contributed by atoms with van der Waals surface area (Å²) in [5.41, 5.74) is 0. The molecule has 1 amide bonds. The van der Waals surface area contributed by atoms with Crippen molar-refractivity contribution in [3.63, 3.8) is 0 Å². The minimum absolute atomic E-state index is 0.0174. The second kappa shape index (κ2) is 5.70. The maximum absolute atomic E-state index is 11.6. The van der Waals surface area contributed by atoms with Gasteiger partial charge >= 0.3 is 6.09 Å². The molecule has 5 nitrogen and oxygen atoms in total. The van der Waals surface area contributed by atoms with Gasteiger partial charge in [-0.15, -0.1) is 0 Å². The predicted molar refractivity (Wildman–Crippen MR) is 63.6 cm³/mol. The minimum atomic E-state index is -0.309. The topological polar surface area (TPSA) is 56.2 Å². The van der Waals surface area contributed by atoms with E-state index in [1.54, 1.807) is 10.9 Å². The number of carbonyl (C=O) groups excluding carboxylic acids is 1. The van der Waals surface area contributed by atoms with E-state index < -0.39 is 0 Å². The van der Waals surface area contributed by atoms with E-state index >= 15 is 0 Å². The van der Waals surface area contributed by atoms with Gasteiger partial charge in [-0.3, -0.25) is 4.68 Å². The molecule has 0 radical (unpaired) electrons. The van der Waals surface area contributed by atoms with Gasteiger partial charge in [0.2, 0.25) is 0 Å². The van der Waals surface area contributed by atoms with Crippen LogP contribution in [0.1, 0.15) is 32.6 Å². The van der Waals surface area contributed by atoms with Crippen LogP contribution in [0.3, 0.4) is 0 Å². The molecule has 94 valence electrons. The van der Waals surface area contributed by atoms with E-state index in [9.17, 15) is 4.79 Å². The predicted octanol–water partition coefficient (Wildman–Crippen LogP) is 1.94. The molecule has 0 saturated heterocycles. The van der Waals surface area contributed by atoms with E-state index in [-0.39, 0.29) is 18.2 Å². The van der Waals surface area contributed by atoms with Gasteiger partial charge in [0.25, 0.3) is 0 Å². The van der Waals surface area contributed by atoms with Crippen LogP contribution in [0.5, 0.6) is 0 Å². The van der Waals surface area contributed by atoms with Crippen LogP contribution in [-0.2, 0) is 11.3 Å². The molecule has 1 aromatic rings. The van der Waals surface area contributed by atoms with Crippen LogP contribution in [0.4, 0.5) is 4.79 Å². The molecule has 0 bridgehead atoms. The quantitative estimate of drug-likeness (QED) is 0.870. The molecular weight excluding hydrogens is 218 g/mol. The zero-order valence-corrected chi connectivity index (χ0v) is 10.1. The lowest BCUT2D eigenvalue weighted by Crippen LogP contribution is -2.37. The number of nitrogens with zero attached hydrogens (tertiary/aromatic N) is 2. The molecule has 2 rings (SSSR count). The summed E-state index contributed by atoms with van der Waals surface area (Å²) in [5.74, 6) is 0. The molecule has 17 heavy (non-hydrogen) atoms. The van der Waals surface area contributed by atoms with E-state index in [2.05, 4.69) is 10.4 Å². The van der Waals surface area contributed by atoms with Crippen LogP contribution in [0.15, 0.2) is 18.5 Å². The Morgan fingerprint density at radius 2 is 2.35 bits per heavy atom. The van der Waals surface area contributed by atoms with Crippen LogP contribution in [0.2, 0.25) is 0 Å². The smallest absolute Gasteiger partial charge is 0.407 e. The van der Waals surface area contributed by atoms with Gasteiger partial charge in [-0.25, -0.2) is 4.79 Å². The number of rotatable bonds is 4. The average molecular weight is 237 g/mol. The summed E-state index contributed by atoms with van der Waals surface area (Å²) < 4.78 is 7.11. The highest BCUT2D eigenvalue weighted by molar-refractivity contribution is 5.67. The number of alkyl carbamates (subject to hydrolysis) is 1. The average Bonchev–Trinajstić information content (AvgIpc) is 2.90. The van der Waals surface area contributed by atoms with Crippen molar-refractivity contribution >= 4 is 6.09 Å². The largest absolute Gasteiger partial charge is 0.446 e. The number of hydrogen-bond acceptors (Lipinski definition) is 3. The van der Waals surface area contributed by atoms with Gasteiger partial charge in [-0.05, 0) is 38.7 Å². The molecule has 1 aromatic heterocycles. The Balaban J connectivity index is 1.70. The number of amides is 1. The third-order valence-electron chi connectivity index (χ3n) is 2.96. The Morgan fingerprint density at radius 1 is 1.59 bits per heavy atom. The second-order valence-corrected chi connectivity index (χ2v) is 4.59. The van der Waals surface area contributed by atoms with Gasteiger partial charge in [0.05, 0.1) is 6.54 Å². The summed E-state index contributed by atoms with van der Waals surface area (Å²) in [5, 5.41) is 6.91. The Kier molecular flexibility index (Phi) is 4.01. The SMILES string of the molecule is CC(Cn1cccn1)NC(=O)OC1CCCC1. The third-order valence-corrected chi connectivity index (χ3v) is 2.96. The fourth-order valence-electron chi connectivity index (χ4n) is 2.13. The zero-order chi connectivity index (χ0) is 12.1. The molecule has 1 unspecified atom stereocenters. The van der Waals surface area contributed by atoms with Crippen molar-refractivity contribution in [2.24, 2.45) is 0 Å². The lowest BCUT2D eigenvalue weighted by atomic mass is 10.3. The van der Waals surface area contributed by atoms with Crippen molar-refractivity contribution in [3.05, 3.63) is 18.5 Å². The molecule has 1 aliphatic carbocycles. The monoisotopic (exact) mass is 237 g/mol. The summed E-state index contributed by atoms with van der Waals surface area (Å²) in [6.45, 7) is 2.60. The fourth-order valence-corrected chi connectivity index (χ4v) is 2.13. The third kappa shape index (κ3) is 3.76. The van der Waals surface area contributed by atoms with Gasteiger partial charge in [0, 0.05) is 18.4 Å². The van der Waals surface area contributed by atoms with E-state index in [4.69, 9.17) is 4.74 Å². The van der Waals surface area contributed by atoms with Gasteiger partial charge in [0.15, 0.2) is 0 Å². The molecule has 1 atom stereocenters. The van der Waals surface area contributed by atoms with E-state index in [1.165, 1.54) is 12.8 Å². The first-order valence-electron chi connectivity index (χ1n) is 6.18. The Bertz CT molecular complexity index is 345. The van der Waals surface area contributed by atoms with Gasteiger partial charge in [-0.2, -0.15) is 5.10 Å². The number of carbonyl (C=O) groups is 1. The van der Waals surface area contributed by atoms with Crippen molar-refractivity contribution < 1.29 is 9.53 Å². The van der Waals surface area contributed by atoms with Crippen molar-refractivity contribution in [2.45, 2.75) is 51.3 Å². The molecule has 1 aliphatic rings. The van der Waals surface area contributed by atoms with Crippen LogP contribution in [-0.4, -0.2) is 28.0 Å². The lowest BCUT2D eigenvalue weighted by molar-refractivity contribution is 0.0976.